The van der Waals surface area contributed by atoms with Crippen LogP contribution in [0.25, 0.3) is 0 Å². The van der Waals surface area contributed by atoms with Crippen molar-refractivity contribution in [2.75, 3.05) is 44.7 Å². The number of benzene rings is 2. The van der Waals surface area contributed by atoms with E-state index in [9.17, 15) is 8.42 Å². The predicted molar refractivity (Wildman–Crippen MR) is 125 cm³/mol. The number of halogens is 1. The van der Waals surface area contributed by atoms with Crippen molar-refractivity contribution in [3.8, 4) is 5.75 Å². The first kappa shape index (κ1) is 22.7. The summed E-state index contributed by atoms with van der Waals surface area (Å²) >= 11 is 5.89. The summed E-state index contributed by atoms with van der Waals surface area (Å²) in [7, 11) is -2.01. The lowest BCUT2D eigenvalue weighted by Gasteiger charge is -2.39. The summed E-state index contributed by atoms with van der Waals surface area (Å²) in [5.74, 6) is 1.57. The smallest absolute Gasteiger partial charge is 0.240 e. The Bertz CT molecular complexity index is 1100. The van der Waals surface area contributed by atoms with Gasteiger partial charge < -0.3 is 14.1 Å². The van der Waals surface area contributed by atoms with E-state index in [0.29, 0.717) is 5.02 Å². The fourth-order valence-electron chi connectivity index (χ4n) is 3.86. The number of ether oxygens (including phenoxy) is 1. The van der Waals surface area contributed by atoms with E-state index in [1.54, 1.807) is 25.5 Å². The van der Waals surface area contributed by atoms with E-state index < -0.39 is 10.0 Å². The monoisotopic (exact) mass is 475 g/mol. The molecule has 1 N–H and O–H groups in total. The van der Waals surface area contributed by atoms with Crippen molar-refractivity contribution in [1.29, 1.82) is 0 Å². The van der Waals surface area contributed by atoms with E-state index in [1.165, 1.54) is 12.1 Å². The minimum absolute atomic E-state index is 0.185. The molecular formula is C23H26ClN3O4S. The second-order valence-electron chi connectivity index (χ2n) is 7.56. The highest BCUT2D eigenvalue weighted by molar-refractivity contribution is 7.89. The normalized spacial score (nSPS) is 16.1. The minimum atomic E-state index is -3.66. The van der Waals surface area contributed by atoms with E-state index in [-0.39, 0.29) is 17.5 Å². The third-order valence-corrected chi connectivity index (χ3v) is 7.35. The zero-order valence-electron chi connectivity index (χ0n) is 17.8. The zero-order chi connectivity index (χ0) is 22.6. The van der Waals surface area contributed by atoms with E-state index in [1.807, 2.05) is 24.3 Å². The van der Waals surface area contributed by atoms with Gasteiger partial charge in [-0.15, -0.1) is 0 Å². The van der Waals surface area contributed by atoms with E-state index in [2.05, 4.69) is 26.7 Å². The molecule has 0 saturated carbocycles. The maximum absolute atomic E-state index is 12.8. The number of hydrogen-bond donors (Lipinski definition) is 1. The van der Waals surface area contributed by atoms with Gasteiger partial charge in [-0.3, -0.25) is 4.90 Å². The van der Waals surface area contributed by atoms with Gasteiger partial charge in [-0.05, 0) is 60.7 Å². The van der Waals surface area contributed by atoms with Gasteiger partial charge >= 0.3 is 0 Å². The molecule has 0 amide bonds. The van der Waals surface area contributed by atoms with Crippen LogP contribution in [0.3, 0.4) is 0 Å². The molecule has 0 radical (unpaired) electrons. The van der Waals surface area contributed by atoms with E-state index in [0.717, 1.165) is 43.4 Å². The Morgan fingerprint density at radius 3 is 2.31 bits per heavy atom. The topological polar surface area (TPSA) is 75.0 Å². The quantitative estimate of drug-likeness (QED) is 0.534. The third kappa shape index (κ3) is 5.27. The van der Waals surface area contributed by atoms with Crippen LogP contribution in [0.1, 0.15) is 11.8 Å². The fourth-order valence-corrected chi connectivity index (χ4v) is 5.03. The van der Waals surface area contributed by atoms with E-state index in [4.69, 9.17) is 20.8 Å². The molecule has 3 aromatic rings. The number of methoxy groups -OCH3 is 1. The molecule has 1 aliphatic rings. The van der Waals surface area contributed by atoms with Crippen molar-refractivity contribution in [2.24, 2.45) is 0 Å². The van der Waals surface area contributed by atoms with Crippen LogP contribution in [0.4, 0.5) is 5.69 Å². The summed E-state index contributed by atoms with van der Waals surface area (Å²) in [6.45, 7) is 3.42. The molecule has 1 aliphatic heterocycles. The van der Waals surface area contributed by atoms with Crippen molar-refractivity contribution in [3.05, 3.63) is 77.7 Å². The third-order valence-electron chi connectivity index (χ3n) is 5.65. The summed E-state index contributed by atoms with van der Waals surface area (Å²) in [4.78, 5) is 4.75. The molecule has 32 heavy (non-hydrogen) atoms. The maximum atomic E-state index is 12.8. The van der Waals surface area contributed by atoms with Crippen LogP contribution in [-0.4, -0.2) is 53.2 Å². The average molecular weight is 476 g/mol. The molecule has 0 aliphatic carbocycles. The minimum Gasteiger partial charge on any atom is -0.497 e. The molecular weight excluding hydrogens is 450 g/mol. The molecule has 7 nitrogen and oxygen atoms in total. The van der Waals surface area contributed by atoms with Crippen molar-refractivity contribution in [2.45, 2.75) is 10.9 Å². The summed E-state index contributed by atoms with van der Waals surface area (Å²) in [6.07, 6.45) is 1.61. The molecule has 2 aromatic carbocycles. The Morgan fingerprint density at radius 1 is 1.03 bits per heavy atom. The Hall–Kier alpha value is -2.52. The largest absolute Gasteiger partial charge is 0.497 e. The van der Waals surface area contributed by atoms with Crippen LogP contribution in [0, 0.1) is 0 Å². The number of anilines is 1. The highest BCUT2D eigenvalue weighted by Gasteiger charge is 2.28. The summed E-state index contributed by atoms with van der Waals surface area (Å²) in [6, 6.07) is 17.7. The average Bonchev–Trinajstić information content (AvgIpc) is 3.35. The first-order valence-electron chi connectivity index (χ1n) is 10.4. The predicted octanol–water partition coefficient (Wildman–Crippen LogP) is 3.78. The number of nitrogens with zero attached hydrogens (tertiary/aromatic N) is 2. The molecule has 0 unspecified atom stereocenters. The molecule has 1 aromatic heterocycles. The number of hydrogen-bond acceptors (Lipinski definition) is 6. The zero-order valence-corrected chi connectivity index (χ0v) is 19.3. The summed E-state index contributed by atoms with van der Waals surface area (Å²) < 4.78 is 39.2. The molecule has 0 spiro atoms. The molecule has 4 rings (SSSR count). The van der Waals surface area contributed by atoms with Crippen LogP contribution in [0.2, 0.25) is 5.02 Å². The van der Waals surface area contributed by atoms with Gasteiger partial charge in [-0.1, -0.05) is 11.6 Å². The molecule has 170 valence electrons. The van der Waals surface area contributed by atoms with Gasteiger partial charge in [0, 0.05) is 43.4 Å². The number of furan rings is 1. The first-order valence-corrected chi connectivity index (χ1v) is 12.2. The van der Waals surface area contributed by atoms with Gasteiger partial charge in [-0.2, -0.15) is 0 Å². The lowest BCUT2D eigenvalue weighted by atomic mass is 10.1. The molecule has 1 atom stereocenters. The Kier molecular flexibility index (Phi) is 7.05. The number of nitrogens with one attached hydrogen (secondary N) is 1. The first-order chi connectivity index (χ1) is 15.5. The number of piperazine rings is 1. The Labute approximate surface area is 193 Å². The van der Waals surface area contributed by atoms with Crippen molar-refractivity contribution >= 4 is 27.3 Å². The summed E-state index contributed by atoms with van der Waals surface area (Å²) in [5.41, 5.74) is 1.14. The standard InChI is InChI=1S/C23H26ClN3O4S/c1-30-20-8-6-19(7-9-20)26-12-14-27(15-13-26)22(23-3-2-16-31-23)17-25-32(28,29)21-10-4-18(24)5-11-21/h2-11,16,22,25H,12-15,17H2,1H3/t22-/m0/s1. The highest BCUT2D eigenvalue weighted by atomic mass is 35.5. The number of sulfonamides is 1. The molecule has 0 bridgehead atoms. The van der Waals surface area contributed by atoms with Gasteiger partial charge in [0.2, 0.25) is 10.0 Å². The molecule has 1 saturated heterocycles. The number of rotatable bonds is 8. The summed E-state index contributed by atoms with van der Waals surface area (Å²) in [5, 5.41) is 0.493. The SMILES string of the molecule is COc1ccc(N2CCN([C@@H](CNS(=O)(=O)c3ccc(Cl)cc3)c3ccco3)CC2)cc1. The van der Waals surface area contributed by atoms with Gasteiger partial charge in [0.15, 0.2) is 0 Å². The molecule has 2 heterocycles. The van der Waals surface area contributed by atoms with Crippen molar-refractivity contribution in [1.82, 2.24) is 9.62 Å². The van der Waals surface area contributed by atoms with Gasteiger partial charge in [0.25, 0.3) is 0 Å². The maximum Gasteiger partial charge on any atom is 0.240 e. The second kappa shape index (κ2) is 9.95. The highest BCUT2D eigenvalue weighted by Crippen LogP contribution is 2.26. The Morgan fingerprint density at radius 2 is 1.72 bits per heavy atom. The van der Waals surface area contributed by atoms with Gasteiger partial charge in [-0.25, -0.2) is 13.1 Å². The van der Waals surface area contributed by atoms with Crippen molar-refractivity contribution < 1.29 is 17.6 Å². The van der Waals surface area contributed by atoms with Gasteiger partial charge in [0.1, 0.15) is 11.5 Å². The lowest BCUT2D eigenvalue weighted by Crippen LogP contribution is -2.49. The van der Waals surface area contributed by atoms with Gasteiger partial charge in [0.05, 0.1) is 24.3 Å². The van der Waals surface area contributed by atoms with Crippen LogP contribution in [0.15, 0.2) is 76.2 Å². The Balaban J connectivity index is 1.43. The van der Waals surface area contributed by atoms with E-state index >= 15 is 0 Å². The fraction of sp³-hybridized carbons (Fsp3) is 0.304. The van der Waals surface area contributed by atoms with Crippen LogP contribution in [0.5, 0.6) is 5.75 Å². The molecule has 1 fully saturated rings. The van der Waals surface area contributed by atoms with Crippen LogP contribution >= 0.6 is 11.6 Å². The molecule has 9 heteroatoms. The second-order valence-corrected chi connectivity index (χ2v) is 9.76. The van der Waals surface area contributed by atoms with Crippen LogP contribution < -0.4 is 14.4 Å². The van der Waals surface area contributed by atoms with Crippen molar-refractivity contribution in [3.63, 3.8) is 0 Å². The van der Waals surface area contributed by atoms with Crippen LogP contribution in [-0.2, 0) is 10.0 Å². The lowest BCUT2D eigenvalue weighted by molar-refractivity contribution is 0.166.